The minimum Gasteiger partial charge on any atom is -0.381 e. The predicted molar refractivity (Wildman–Crippen MR) is 74.8 cm³/mol. The Kier molecular flexibility index (Phi) is 4.96. The molecule has 1 aliphatic rings. The van der Waals surface area contributed by atoms with E-state index in [1.807, 2.05) is 0 Å². The molecular weight excluding hydrogens is 283 g/mol. The van der Waals surface area contributed by atoms with Crippen molar-refractivity contribution in [1.82, 2.24) is 5.32 Å². The molecule has 1 aromatic rings. The minimum absolute atomic E-state index is 0.104. The maximum Gasteiger partial charge on any atom is 0.225 e. The molecule has 0 aromatic heterocycles. The van der Waals surface area contributed by atoms with Crippen molar-refractivity contribution in [3.63, 3.8) is 0 Å². The van der Waals surface area contributed by atoms with Gasteiger partial charge in [0.1, 0.15) is 5.82 Å². The second-order valence-electron chi connectivity index (χ2n) is 5.11. The van der Waals surface area contributed by atoms with E-state index in [4.69, 9.17) is 22.1 Å². The van der Waals surface area contributed by atoms with Crippen LogP contribution in [-0.4, -0.2) is 25.7 Å². The zero-order valence-corrected chi connectivity index (χ0v) is 11.9. The number of rotatable bonds is 5. The van der Waals surface area contributed by atoms with E-state index in [-0.39, 0.29) is 10.9 Å². The smallest absolute Gasteiger partial charge is 0.225 e. The number of amides is 1. The Bertz CT molecular complexity index is 490. The third-order valence-corrected chi connectivity index (χ3v) is 4.06. The van der Waals surface area contributed by atoms with Gasteiger partial charge in [-0.25, -0.2) is 4.39 Å². The van der Waals surface area contributed by atoms with Gasteiger partial charge in [0, 0.05) is 26.3 Å². The second-order valence-corrected chi connectivity index (χ2v) is 5.52. The van der Waals surface area contributed by atoms with E-state index < -0.39 is 11.2 Å². The molecular formula is C14H18ClFN2O2. The Labute approximate surface area is 122 Å². The van der Waals surface area contributed by atoms with Gasteiger partial charge in [-0.15, -0.1) is 0 Å². The number of carbonyl (C=O) groups is 1. The molecule has 0 aliphatic carbocycles. The van der Waals surface area contributed by atoms with Crippen LogP contribution in [0, 0.1) is 11.2 Å². The lowest BCUT2D eigenvalue weighted by molar-refractivity contribution is -0.132. The fourth-order valence-electron chi connectivity index (χ4n) is 2.37. The van der Waals surface area contributed by atoms with Gasteiger partial charge in [-0.05, 0) is 30.5 Å². The summed E-state index contributed by atoms with van der Waals surface area (Å²) in [7, 11) is 0. The van der Waals surface area contributed by atoms with Gasteiger partial charge in [0.2, 0.25) is 5.91 Å². The molecule has 1 aliphatic heterocycles. The van der Waals surface area contributed by atoms with E-state index in [0.717, 1.165) is 5.56 Å². The summed E-state index contributed by atoms with van der Waals surface area (Å²) in [6, 6.07) is 4.65. The number of halogens is 2. The largest absolute Gasteiger partial charge is 0.381 e. The van der Waals surface area contributed by atoms with E-state index in [1.54, 1.807) is 6.07 Å². The van der Waals surface area contributed by atoms with Crippen molar-refractivity contribution >= 4 is 17.5 Å². The zero-order chi connectivity index (χ0) is 14.6. The molecule has 1 heterocycles. The monoisotopic (exact) mass is 300 g/mol. The third-order valence-electron chi connectivity index (χ3n) is 3.75. The lowest BCUT2D eigenvalue weighted by Gasteiger charge is -2.34. The molecule has 0 bridgehead atoms. The topological polar surface area (TPSA) is 64.4 Å². The van der Waals surface area contributed by atoms with Crippen molar-refractivity contribution in [2.24, 2.45) is 11.1 Å². The van der Waals surface area contributed by atoms with Crippen molar-refractivity contribution in [2.75, 3.05) is 19.8 Å². The Morgan fingerprint density at radius 2 is 2.15 bits per heavy atom. The zero-order valence-electron chi connectivity index (χ0n) is 11.1. The lowest BCUT2D eigenvalue weighted by Crippen LogP contribution is -2.48. The van der Waals surface area contributed by atoms with Crippen molar-refractivity contribution < 1.29 is 13.9 Å². The molecule has 4 nitrogen and oxygen atoms in total. The normalized spacial score (nSPS) is 17.9. The molecule has 1 fully saturated rings. The van der Waals surface area contributed by atoms with E-state index in [2.05, 4.69) is 5.32 Å². The average Bonchev–Trinajstić information content (AvgIpc) is 2.44. The highest BCUT2D eigenvalue weighted by atomic mass is 35.5. The molecule has 0 radical (unpaired) electrons. The molecule has 0 atom stereocenters. The predicted octanol–water partition coefficient (Wildman–Crippen LogP) is 1.85. The quantitative estimate of drug-likeness (QED) is 0.872. The first kappa shape index (κ1) is 15.2. The molecule has 110 valence electrons. The fourth-order valence-corrected chi connectivity index (χ4v) is 2.49. The van der Waals surface area contributed by atoms with Gasteiger partial charge in [-0.2, -0.15) is 0 Å². The first-order chi connectivity index (χ1) is 9.53. The Morgan fingerprint density at radius 3 is 2.75 bits per heavy atom. The van der Waals surface area contributed by atoms with Gasteiger partial charge in [0.25, 0.3) is 0 Å². The van der Waals surface area contributed by atoms with Crippen LogP contribution in [0.1, 0.15) is 18.4 Å². The van der Waals surface area contributed by atoms with Crippen LogP contribution in [0.3, 0.4) is 0 Å². The number of hydrogen-bond acceptors (Lipinski definition) is 3. The number of carbonyl (C=O) groups excluding carboxylic acids is 1. The van der Waals surface area contributed by atoms with E-state index in [0.29, 0.717) is 39.1 Å². The average molecular weight is 301 g/mol. The summed E-state index contributed by atoms with van der Waals surface area (Å²) in [6.07, 6.45) is 1.23. The van der Waals surface area contributed by atoms with Crippen LogP contribution >= 0.6 is 11.6 Å². The maximum atomic E-state index is 13.3. The summed E-state index contributed by atoms with van der Waals surface area (Å²) in [5.41, 5.74) is 5.72. The summed E-state index contributed by atoms with van der Waals surface area (Å²) in [5.74, 6) is -0.753. The first-order valence-corrected chi connectivity index (χ1v) is 6.94. The summed E-state index contributed by atoms with van der Waals surface area (Å²) in [6.45, 7) is 2.01. The number of primary amides is 1. The van der Waals surface area contributed by atoms with Gasteiger partial charge in [0.05, 0.1) is 10.4 Å². The number of ether oxygens (including phenoxy) is 1. The highest BCUT2D eigenvalue weighted by Crippen LogP contribution is 2.29. The molecule has 2 rings (SSSR count). The van der Waals surface area contributed by atoms with Crippen LogP contribution in [0.2, 0.25) is 5.02 Å². The number of hydrogen-bond donors (Lipinski definition) is 2. The number of benzene rings is 1. The van der Waals surface area contributed by atoms with Gasteiger partial charge >= 0.3 is 0 Å². The summed E-state index contributed by atoms with van der Waals surface area (Å²) < 4.78 is 18.6. The SMILES string of the molecule is NC(=O)C1(CNCc2ccc(Cl)c(F)c2)CCOCC1. The van der Waals surface area contributed by atoms with Crippen molar-refractivity contribution in [3.8, 4) is 0 Å². The molecule has 0 unspecified atom stereocenters. The first-order valence-electron chi connectivity index (χ1n) is 6.56. The van der Waals surface area contributed by atoms with Gasteiger partial charge in [-0.3, -0.25) is 4.79 Å². The van der Waals surface area contributed by atoms with Crippen LogP contribution < -0.4 is 11.1 Å². The molecule has 1 amide bonds. The summed E-state index contributed by atoms with van der Waals surface area (Å²) in [4.78, 5) is 11.7. The highest BCUT2D eigenvalue weighted by Gasteiger charge is 2.37. The van der Waals surface area contributed by atoms with Crippen molar-refractivity contribution in [3.05, 3.63) is 34.6 Å². The van der Waals surface area contributed by atoms with Crippen LogP contribution in [0.5, 0.6) is 0 Å². The maximum absolute atomic E-state index is 13.3. The standard InChI is InChI=1S/C14H18ClFN2O2/c15-11-2-1-10(7-12(11)16)8-18-9-14(13(17)19)3-5-20-6-4-14/h1-2,7,18H,3-6,8-9H2,(H2,17,19). The van der Waals surface area contributed by atoms with E-state index >= 15 is 0 Å². The second kappa shape index (κ2) is 6.52. The van der Waals surface area contributed by atoms with E-state index in [9.17, 15) is 9.18 Å². The Balaban J connectivity index is 1.93. The minimum atomic E-state index is -0.566. The highest BCUT2D eigenvalue weighted by molar-refractivity contribution is 6.30. The summed E-state index contributed by atoms with van der Waals surface area (Å²) >= 11 is 5.63. The fraction of sp³-hybridized carbons (Fsp3) is 0.500. The van der Waals surface area contributed by atoms with Crippen LogP contribution in [-0.2, 0) is 16.1 Å². The summed E-state index contributed by atoms with van der Waals surface area (Å²) in [5, 5.41) is 3.28. The van der Waals surface area contributed by atoms with Crippen LogP contribution in [0.15, 0.2) is 18.2 Å². The molecule has 20 heavy (non-hydrogen) atoms. The van der Waals surface area contributed by atoms with Crippen LogP contribution in [0.4, 0.5) is 4.39 Å². The Morgan fingerprint density at radius 1 is 1.45 bits per heavy atom. The molecule has 6 heteroatoms. The van der Waals surface area contributed by atoms with Crippen molar-refractivity contribution in [1.29, 1.82) is 0 Å². The van der Waals surface area contributed by atoms with Gasteiger partial charge < -0.3 is 15.8 Å². The van der Waals surface area contributed by atoms with E-state index in [1.165, 1.54) is 12.1 Å². The molecule has 3 N–H and O–H groups in total. The van der Waals surface area contributed by atoms with Gasteiger partial charge in [-0.1, -0.05) is 17.7 Å². The Hall–Kier alpha value is -1.17. The number of nitrogens with one attached hydrogen (secondary N) is 1. The third kappa shape index (κ3) is 3.48. The molecule has 0 saturated carbocycles. The van der Waals surface area contributed by atoms with Crippen molar-refractivity contribution in [2.45, 2.75) is 19.4 Å². The molecule has 1 aromatic carbocycles. The molecule has 1 saturated heterocycles. The number of nitrogens with two attached hydrogens (primary N) is 1. The van der Waals surface area contributed by atoms with Gasteiger partial charge in [0.15, 0.2) is 0 Å². The van der Waals surface area contributed by atoms with Crippen LogP contribution in [0.25, 0.3) is 0 Å². The lowest BCUT2D eigenvalue weighted by atomic mass is 9.79. The molecule has 0 spiro atoms.